The first-order chi connectivity index (χ1) is 7.86. The van der Waals surface area contributed by atoms with Crippen molar-refractivity contribution in [2.24, 2.45) is 5.73 Å². The van der Waals surface area contributed by atoms with Gasteiger partial charge in [-0.3, -0.25) is 0 Å². The van der Waals surface area contributed by atoms with Crippen LogP contribution in [0.2, 0.25) is 5.02 Å². The van der Waals surface area contributed by atoms with E-state index in [0.29, 0.717) is 5.56 Å². The molecular formula is C10H10ClF4NO. The molecule has 2 N–H and O–H groups in total. The highest BCUT2D eigenvalue weighted by Gasteiger charge is 2.41. The van der Waals surface area contributed by atoms with Gasteiger partial charge in [-0.15, -0.1) is 0 Å². The SMILES string of the molecule is NCc1ccc(Cl)cc1OCC(F)(F)C(F)F. The maximum atomic E-state index is 12.6. The lowest BCUT2D eigenvalue weighted by atomic mass is 10.2. The van der Waals surface area contributed by atoms with E-state index < -0.39 is 19.0 Å². The Labute approximate surface area is 100 Å². The second-order valence-corrected chi connectivity index (χ2v) is 3.74. The van der Waals surface area contributed by atoms with Crippen LogP contribution in [0.15, 0.2) is 18.2 Å². The van der Waals surface area contributed by atoms with Gasteiger partial charge in [0.1, 0.15) is 5.75 Å². The standard InChI is InChI=1S/C10H10ClF4NO/c11-7-2-1-6(4-16)8(3-7)17-5-10(14,15)9(12)13/h1-3,9H,4-5,16H2. The first kappa shape index (κ1) is 14.1. The fourth-order valence-electron chi connectivity index (χ4n) is 1.07. The van der Waals surface area contributed by atoms with Crippen molar-refractivity contribution < 1.29 is 22.3 Å². The zero-order valence-corrected chi connectivity index (χ0v) is 9.35. The number of rotatable bonds is 5. The van der Waals surface area contributed by atoms with E-state index in [2.05, 4.69) is 4.74 Å². The average Bonchev–Trinajstić information content (AvgIpc) is 2.26. The van der Waals surface area contributed by atoms with Gasteiger partial charge in [0.05, 0.1) is 0 Å². The number of hydrogen-bond donors (Lipinski definition) is 1. The summed E-state index contributed by atoms with van der Waals surface area (Å²) >= 11 is 5.63. The van der Waals surface area contributed by atoms with Crippen molar-refractivity contribution in [1.29, 1.82) is 0 Å². The van der Waals surface area contributed by atoms with Crippen LogP contribution >= 0.6 is 11.6 Å². The van der Waals surface area contributed by atoms with Gasteiger partial charge in [-0.1, -0.05) is 17.7 Å². The van der Waals surface area contributed by atoms with E-state index in [1.807, 2.05) is 0 Å². The molecule has 7 heteroatoms. The normalized spacial score (nSPS) is 11.9. The molecule has 1 rings (SSSR count). The molecule has 0 heterocycles. The van der Waals surface area contributed by atoms with Crippen LogP contribution in [-0.2, 0) is 6.54 Å². The molecule has 0 radical (unpaired) electrons. The lowest BCUT2D eigenvalue weighted by Crippen LogP contribution is -2.34. The highest BCUT2D eigenvalue weighted by molar-refractivity contribution is 6.30. The second-order valence-electron chi connectivity index (χ2n) is 3.31. The predicted octanol–water partition coefficient (Wildman–Crippen LogP) is 3.08. The summed E-state index contributed by atoms with van der Waals surface area (Å²) in [7, 11) is 0. The lowest BCUT2D eigenvalue weighted by molar-refractivity contribution is -0.148. The first-order valence-electron chi connectivity index (χ1n) is 4.64. The Kier molecular flexibility index (Phi) is 4.59. The fraction of sp³-hybridized carbons (Fsp3) is 0.400. The molecule has 0 amide bonds. The van der Waals surface area contributed by atoms with Crippen LogP contribution in [0.1, 0.15) is 5.56 Å². The number of benzene rings is 1. The van der Waals surface area contributed by atoms with Gasteiger partial charge in [0.15, 0.2) is 6.61 Å². The molecule has 0 unspecified atom stereocenters. The number of alkyl halides is 4. The van der Waals surface area contributed by atoms with Crippen molar-refractivity contribution in [3.63, 3.8) is 0 Å². The molecular weight excluding hydrogens is 262 g/mol. The highest BCUT2D eigenvalue weighted by Crippen LogP contribution is 2.27. The Morgan fingerprint density at radius 2 is 2.00 bits per heavy atom. The van der Waals surface area contributed by atoms with Gasteiger partial charge in [-0.05, 0) is 12.1 Å². The number of ether oxygens (including phenoxy) is 1. The summed E-state index contributed by atoms with van der Waals surface area (Å²) < 4.78 is 53.7. The Balaban J connectivity index is 2.78. The van der Waals surface area contributed by atoms with Crippen molar-refractivity contribution in [2.45, 2.75) is 18.9 Å². The van der Waals surface area contributed by atoms with Crippen LogP contribution in [0, 0.1) is 0 Å². The molecule has 0 saturated heterocycles. The van der Waals surface area contributed by atoms with E-state index >= 15 is 0 Å². The van der Waals surface area contributed by atoms with Crippen LogP contribution in [0.5, 0.6) is 5.75 Å². The lowest BCUT2D eigenvalue weighted by Gasteiger charge is -2.17. The van der Waals surface area contributed by atoms with Crippen LogP contribution in [0.25, 0.3) is 0 Å². The third-order valence-corrected chi connectivity index (χ3v) is 2.22. The van der Waals surface area contributed by atoms with Gasteiger partial charge in [0.2, 0.25) is 0 Å². The first-order valence-corrected chi connectivity index (χ1v) is 5.02. The Morgan fingerprint density at radius 3 is 2.53 bits per heavy atom. The minimum Gasteiger partial charge on any atom is -0.487 e. The molecule has 0 aromatic heterocycles. The van der Waals surface area contributed by atoms with Gasteiger partial charge in [0.25, 0.3) is 0 Å². The van der Waals surface area contributed by atoms with E-state index in [1.54, 1.807) is 0 Å². The third kappa shape index (κ3) is 3.74. The summed E-state index contributed by atoms with van der Waals surface area (Å²) in [6.07, 6.45) is -3.77. The molecule has 96 valence electrons. The minimum absolute atomic E-state index is 0.0136. The Hall–Kier alpha value is -1.01. The smallest absolute Gasteiger partial charge is 0.340 e. The molecule has 0 spiro atoms. The number of hydrogen-bond acceptors (Lipinski definition) is 2. The topological polar surface area (TPSA) is 35.2 Å². The molecule has 0 aliphatic heterocycles. The summed E-state index contributed by atoms with van der Waals surface area (Å²) in [5.74, 6) is -4.21. The van der Waals surface area contributed by atoms with Gasteiger partial charge in [0, 0.05) is 17.1 Å². The van der Waals surface area contributed by atoms with Crippen LogP contribution < -0.4 is 10.5 Å². The van der Waals surface area contributed by atoms with Crippen LogP contribution in [-0.4, -0.2) is 19.0 Å². The third-order valence-electron chi connectivity index (χ3n) is 1.99. The van der Waals surface area contributed by atoms with E-state index in [0.717, 1.165) is 0 Å². The summed E-state index contributed by atoms with van der Waals surface area (Å²) in [5.41, 5.74) is 5.76. The average molecular weight is 272 g/mol. The molecule has 0 aliphatic carbocycles. The second kappa shape index (κ2) is 5.55. The van der Waals surface area contributed by atoms with E-state index in [1.165, 1.54) is 18.2 Å². The quantitative estimate of drug-likeness (QED) is 0.836. The van der Waals surface area contributed by atoms with E-state index in [-0.39, 0.29) is 17.3 Å². The molecule has 1 aromatic carbocycles. The number of halogens is 5. The molecule has 0 atom stereocenters. The Bertz CT molecular complexity index is 387. The summed E-state index contributed by atoms with van der Waals surface area (Å²) in [6.45, 7) is -1.38. The van der Waals surface area contributed by atoms with Crippen molar-refractivity contribution in [2.75, 3.05) is 6.61 Å². The molecule has 2 nitrogen and oxygen atoms in total. The molecule has 0 saturated carbocycles. The number of nitrogens with two attached hydrogens (primary N) is 1. The van der Waals surface area contributed by atoms with Crippen LogP contribution in [0.4, 0.5) is 17.6 Å². The zero-order chi connectivity index (χ0) is 13.1. The van der Waals surface area contributed by atoms with Gasteiger partial charge < -0.3 is 10.5 Å². The molecule has 1 aromatic rings. The maximum Gasteiger partial charge on any atom is 0.340 e. The molecule has 0 aliphatic rings. The summed E-state index contributed by atoms with van der Waals surface area (Å²) in [4.78, 5) is 0. The molecule has 17 heavy (non-hydrogen) atoms. The highest BCUT2D eigenvalue weighted by atomic mass is 35.5. The minimum atomic E-state index is -4.20. The zero-order valence-electron chi connectivity index (χ0n) is 8.60. The van der Waals surface area contributed by atoms with Crippen molar-refractivity contribution in [3.8, 4) is 5.75 Å². The van der Waals surface area contributed by atoms with E-state index in [4.69, 9.17) is 17.3 Å². The summed E-state index contributed by atoms with van der Waals surface area (Å²) in [6, 6.07) is 4.24. The fourth-order valence-corrected chi connectivity index (χ4v) is 1.23. The largest absolute Gasteiger partial charge is 0.487 e. The molecule has 0 fully saturated rings. The van der Waals surface area contributed by atoms with Crippen LogP contribution in [0.3, 0.4) is 0 Å². The van der Waals surface area contributed by atoms with Crippen molar-refractivity contribution in [1.82, 2.24) is 0 Å². The van der Waals surface area contributed by atoms with Crippen molar-refractivity contribution in [3.05, 3.63) is 28.8 Å². The van der Waals surface area contributed by atoms with E-state index in [9.17, 15) is 17.6 Å². The monoisotopic (exact) mass is 271 g/mol. The molecule has 0 bridgehead atoms. The maximum absolute atomic E-state index is 12.6. The van der Waals surface area contributed by atoms with Gasteiger partial charge in [-0.2, -0.15) is 8.78 Å². The van der Waals surface area contributed by atoms with Gasteiger partial charge in [-0.25, -0.2) is 8.78 Å². The van der Waals surface area contributed by atoms with Crippen molar-refractivity contribution >= 4 is 11.6 Å². The summed E-state index contributed by atoms with van der Waals surface area (Å²) in [5, 5.41) is 0.248. The van der Waals surface area contributed by atoms with Gasteiger partial charge >= 0.3 is 12.3 Å². The Morgan fingerprint density at radius 1 is 1.35 bits per heavy atom. The predicted molar refractivity (Wildman–Crippen MR) is 55.8 cm³/mol.